The Morgan fingerprint density at radius 2 is 1.94 bits per heavy atom. The Morgan fingerprint density at radius 1 is 1.24 bits per heavy atom. The van der Waals surface area contributed by atoms with Crippen LogP contribution in [0.5, 0.6) is 0 Å². The Balaban J connectivity index is 1.91. The van der Waals surface area contributed by atoms with Crippen LogP contribution in [0, 0.1) is 11.9 Å². The van der Waals surface area contributed by atoms with Crippen LogP contribution in [0.4, 0.5) is 10.2 Å². The zero-order valence-corrected chi connectivity index (χ0v) is 10.4. The summed E-state index contributed by atoms with van der Waals surface area (Å²) in [7, 11) is 0. The second-order valence-corrected chi connectivity index (χ2v) is 4.88. The summed E-state index contributed by atoms with van der Waals surface area (Å²) in [6, 6.07) is 1.40. The van der Waals surface area contributed by atoms with Crippen molar-refractivity contribution < 1.29 is 4.39 Å². The van der Waals surface area contributed by atoms with Gasteiger partial charge in [-0.2, -0.15) is 4.39 Å². The zero-order valence-electron chi connectivity index (χ0n) is 10.4. The molecule has 1 saturated heterocycles. The summed E-state index contributed by atoms with van der Waals surface area (Å²) < 4.78 is 13.0. The van der Waals surface area contributed by atoms with Crippen molar-refractivity contribution in [2.75, 3.05) is 37.6 Å². The van der Waals surface area contributed by atoms with E-state index in [2.05, 4.69) is 33.6 Å². The molecule has 0 radical (unpaired) electrons. The van der Waals surface area contributed by atoms with Crippen LogP contribution in [0.3, 0.4) is 0 Å². The number of hydrogen-bond donors (Lipinski definition) is 0. The highest BCUT2D eigenvalue weighted by Gasteiger charge is 2.18. The largest absolute Gasteiger partial charge is 0.354 e. The maximum Gasteiger partial charge on any atom is 0.218 e. The van der Waals surface area contributed by atoms with E-state index in [1.165, 1.54) is 12.4 Å². The first-order valence-corrected chi connectivity index (χ1v) is 6.10. The molecule has 0 N–H and O–H groups in total. The third kappa shape index (κ3) is 3.36. The van der Waals surface area contributed by atoms with E-state index in [0.717, 1.165) is 32.7 Å². The van der Waals surface area contributed by atoms with Crippen molar-refractivity contribution in [3.63, 3.8) is 0 Å². The quantitative estimate of drug-likeness (QED) is 0.745. The summed E-state index contributed by atoms with van der Waals surface area (Å²) in [5.41, 5.74) is 0. The van der Waals surface area contributed by atoms with Gasteiger partial charge >= 0.3 is 0 Å². The Kier molecular flexibility index (Phi) is 3.89. The summed E-state index contributed by atoms with van der Waals surface area (Å²) in [6.45, 7) is 9.43. The predicted octanol–water partition coefficient (Wildman–Crippen LogP) is 1.39. The fraction of sp³-hybridized carbons (Fsp3) is 0.667. The predicted molar refractivity (Wildman–Crippen MR) is 65.5 cm³/mol. The Hall–Kier alpha value is -1.23. The maximum absolute atomic E-state index is 13.0. The highest BCUT2D eigenvalue weighted by atomic mass is 19.1. The van der Waals surface area contributed by atoms with Crippen molar-refractivity contribution in [1.82, 2.24) is 14.9 Å². The standard InChI is InChI=1S/C12H19FN4/c1-10(2)8-16-3-5-17(6-4-16)12-7-11(13)14-9-15-12/h7,9-10H,3-6,8H2,1-2H3. The molecular weight excluding hydrogens is 219 g/mol. The lowest BCUT2D eigenvalue weighted by atomic mass is 10.2. The molecule has 0 aromatic carbocycles. The molecule has 0 unspecified atom stereocenters. The molecule has 0 amide bonds. The van der Waals surface area contributed by atoms with E-state index in [-0.39, 0.29) is 0 Å². The molecule has 2 rings (SSSR count). The minimum absolute atomic E-state index is 0.459. The molecule has 1 aromatic heterocycles. The van der Waals surface area contributed by atoms with Crippen LogP contribution in [-0.2, 0) is 0 Å². The second-order valence-electron chi connectivity index (χ2n) is 4.88. The molecular formula is C12H19FN4. The lowest BCUT2D eigenvalue weighted by Crippen LogP contribution is -2.47. The van der Waals surface area contributed by atoms with Gasteiger partial charge in [0.1, 0.15) is 12.1 Å². The highest BCUT2D eigenvalue weighted by Crippen LogP contribution is 2.13. The molecule has 1 aromatic rings. The van der Waals surface area contributed by atoms with Gasteiger partial charge in [-0.3, -0.25) is 4.90 Å². The van der Waals surface area contributed by atoms with Gasteiger partial charge in [0.25, 0.3) is 0 Å². The first kappa shape index (κ1) is 12.2. The van der Waals surface area contributed by atoms with Crippen molar-refractivity contribution in [2.24, 2.45) is 5.92 Å². The third-order valence-electron chi connectivity index (χ3n) is 2.94. The average Bonchev–Trinajstić information content (AvgIpc) is 2.29. The van der Waals surface area contributed by atoms with Gasteiger partial charge in [0, 0.05) is 38.8 Å². The minimum Gasteiger partial charge on any atom is -0.354 e. The number of nitrogens with zero attached hydrogens (tertiary/aromatic N) is 4. The van der Waals surface area contributed by atoms with Crippen LogP contribution in [0.1, 0.15) is 13.8 Å². The summed E-state index contributed by atoms with van der Waals surface area (Å²) in [5, 5.41) is 0. The van der Waals surface area contributed by atoms with E-state index in [1.54, 1.807) is 0 Å². The van der Waals surface area contributed by atoms with Crippen molar-refractivity contribution >= 4 is 5.82 Å². The fourth-order valence-corrected chi connectivity index (χ4v) is 2.17. The molecule has 94 valence electrons. The summed E-state index contributed by atoms with van der Waals surface area (Å²) in [4.78, 5) is 12.1. The molecule has 1 aliphatic rings. The molecule has 17 heavy (non-hydrogen) atoms. The normalized spacial score (nSPS) is 17.8. The van der Waals surface area contributed by atoms with E-state index < -0.39 is 5.95 Å². The lowest BCUT2D eigenvalue weighted by Gasteiger charge is -2.36. The van der Waals surface area contributed by atoms with E-state index in [4.69, 9.17) is 0 Å². The summed E-state index contributed by atoms with van der Waals surface area (Å²) in [5.74, 6) is 0.930. The van der Waals surface area contributed by atoms with Gasteiger partial charge in [0.15, 0.2) is 0 Å². The van der Waals surface area contributed by atoms with Gasteiger partial charge in [-0.25, -0.2) is 9.97 Å². The van der Waals surface area contributed by atoms with E-state index in [9.17, 15) is 4.39 Å². The average molecular weight is 238 g/mol. The number of piperazine rings is 1. The summed E-state index contributed by atoms with van der Waals surface area (Å²) >= 11 is 0. The third-order valence-corrected chi connectivity index (χ3v) is 2.94. The summed E-state index contributed by atoms with van der Waals surface area (Å²) in [6.07, 6.45) is 1.28. The number of hydrogen-bond acceptors (Lipinski definition) is 4. The van der Waals surface area contributed by atoms with E-state index in [0.29, 0.717) is 11.7 Å². The van der Waals surface area contributed by atoms with E-state index >= 15 is 0 Å². The maximum atomic E-state index is 13.0. The molecule has 0 spiro atoms. The number of aromatic nitrogens is 2. The number of rotatable bonds is 3. The van der Waals surface area contributed by atoms with Crippen molar-refractivity contribution in [3.05, 3.63) is 18.3 Å². The van der Waals surface area contributed by atoms with Crippen molar-refractivity contribution in [2.45, 2.75) is 13.8 Å². The van der Waals surface area contributed by atoms with Crippen molar-refractivity contribution in [3.8, 4) is 0 Å². The number of anilines is 1. The minimum atomic E-state index is -0.459. The Labute approximate surface area is 101 Å². The Morgan fingerprint density at radius 3 is 2.53 bits per heavy atom. The lowest BCUT2D eigenvalue weighted by molar-refractivity contribution is 0.231. The van der Waals surface area contributed by atoms with Crippen LogP contribution in [0.15, 0.2) is 12.4 Å². The fourth-order valence-electron chi connectivity index (χ4n) is 2.17. The van der Waals surface area contributed by atoms with Crippen LogP contribution in [0.2, 0.25) is 0 Å². The van der Waals surface area contributed by atoms with Gasteiger partial charge in [-0.15, -0.1) is 0 Å². The van der Waals surface area contributed by atoms with Crippen LogP contribution in [-0.4, -0.2) is 47.6 Å². The van der Waals surface area contributed by atoms with Gasteiger partial charge in [0.05, 0.1) is 0 Å². The first-order chi connectivity index (χ1) is 8.15. The Bertz CT molecular complexity index is 361. The number of halogens is 1. The molecule has 1 aliphatic heterocycles. The molecule has 0 bridgehead atoms. The molecule has 0 atom stereocenters. The molecule has 2 heterocycles. The molecule has 0 aliphatic carbocycles. The zero-order chi connectivity index (χ0) is 12.3. The first-order valence-electron chi connectivity index (χ1n) is 6.10. The monoisotopic (exact) mass is 238 g/mol. The highest BCUT2D eigenvalue weighted by molar-refractivity contribution is 5.37. The van der Waals surface area contributed by atoms with Gasteiger partial charge < -0.3 is 4.90 Å². The topological polar surface area (TPSA) is 32.3 Å². The molecule has 1 fully saturated rings. The van der Waals surface area contributed by atoms with Crippen LogP contribution in [0.25, 0.3) is 0 Å². The van der Waals surface area contributed by atoms with E-state index in [1.807, 2.05) is 0 Å². The van der Waals surface area contributed by atoms with Crippen LogP contribution < -0.4 is 4.90 Å². The van der Waals surface area contributed by atoms with Crippen LogP contribution >= 0.6 is 0 Å². The smallest absolute Gasteiger partial charge is 0.218 e. The van der Waals surface area contributed by atoms with Gasteiger partial charge in [-0.05, 0) is 5.92 Å². The SMILES string of the molecule is CC(C)CN1CCN(c2cc(F)ncn2)CC1. The van der Waals surface area contributed by atoms with Crippen molar-refractivity contribution in [1.29, 1.82) is 0 Å². The van der Waals surface area contributed by atoms with Gasteiger partial charge in [0.2, 0.25) is 5.95 Å². The molecule has 4 nitrogen and oxygen atoms in total. The molecule has 5 heteroatoms. The molecule has 0 saturated carbocycles. The second kappa shape index (κ2) is 5.40. The van der Waals surface area contributed by atoms with Gasteiger partial charge in [-0.1, -0.05) is 13.8 Å².